The van der Waals surface area contributed by atoms with E-state index >= 15 is 0 Å². The number of fused-ring (bicyclic) bond motifs is 1. The van der Waals surface area contributed by atoms with Gasteiger partial charge in [-0.1, -0.05) is 11.6 Å². The first-order valence-electron chi connectivity index (χ1n) is 8.26. The van der Waals surface area contributed by atoms with Crippen molar-refractivity contribution in [2.45, 2.75) is 43.8 Å². The molecule has 4 aliphatic carbocycles. The molecule has 1 saturated heterocycles. The molecule has 0 amide bonds. The Labute approximate surface area is 143 Å². The van der Waals surface area contributed by atoms with Crippen LogP contribution >= 0.6 is 11.6 Å². The molecule has 2 aromatic heterocycles. The van der Waals surface area contributed by atoms with Crippen molar-refractivity contribution in [2.75, 3.05) is 0 Å². The molecule has 124 valence electrons. The summed E-state index contributed by atoms with van der Waals surface area (Å²) in [6.07, 6.45) is 5.26. The second-order valence-electron chi connectivity index (χ2n) is 7.99. The van der Waals surface area contributed by atoms with Crippen molar-refractivity contribution >= 4 is 28.9 Å². The van der Waals surface area contributed by atoms with E-state index in [0.29, 0.717) is 11.1 Å². The van der Waals surface area contributed by atoms with Crippen molar-refractivity contribution in [1.29, 1.82) is 0 Å². The van der Waals surface area contributed by atoms with E-state index in [1.807, 2.05) is 26.1 Å². The molecule has 7 heteroatoms. The highest BCUT2D eigenvalue weighted by atomic mass is 35.5. The quantitative estimate of drug-likeness (QED) is 0.617. The molecule has 4 bridgehead atoms. The number of aromatic nitrogens is 3. The fourth-order valence-electron chi connectivity index (χ4n) is 6.11. The van der Waals surface area contributed by atoms with E-state index in [4.69, 9.17) is 21.1 Å². The van der Waals surface area contributed by atoms with Crippen LogP contribution in [0.15, 0.2) is 18.6 Å². The molecule has 6 atom stereocenters. The van der Waals surface area contributed by atoms with Gasteiger partial charge in [0.05, 0.1) is 16.8 Å². The summed E-state index contributed by atoms with van der Waals surface area (Å²) >= 11 is 6.20. The SMILES string of the molecule is CC1(C)O[C@@H]2[C@]3(C=O)CC4[C@@H]3[C@@H](n3ccc5c(Cl)ncnc53)[C@]42O1. The zero-order valence-corrected chi connectivity index (χ0v) is 14.0. The lowest BCUT2D eigenvalue weighted by atomic mass is 9.49. The van der Waals surface area contributed by atoms with Crippen molar-refractivity contribution < 1.29 is 14.3 Å². The van der Waals surface area contributed by atoms with Crippen LogP contribution in [0.5, 0.6) is 0 Å². The maximum absolute atomic E-state index is 12.0. The van der Waals surface area contributed by atoms with E-state index in [9.17, 15) is 4.79 Å². The first-order valence-corrected chi connectivity index (χ1v) is 8.64. The summed E-state index contributed by atoms with van der Waals surface area (Å²) in [5.74, 6) is -0.0359. The minimum absolute atomic E-state index is 0.0525. The van der Waals surface area contributed by atoms with Gasteiger partial charge >= 0.3 is 0 Å². The molecular formula is C17H16ClN3O3. The van der Waals surface area contributed by atoms with Gasteiger partial charge in [-0.3, -0.25) is 0 Å². The second kappa shape index (κ2) is 3.69. The smallest absolute Gasteiger partial charge is 0.164 e. The van der Waals surface area contributed by atoms with Crippen LogP contribution in [0, 0.1) is 17.3 Å². The van der Waals surface area contributed by atoms with Gasteiger partial charge in [0.2, 0.25) is 0 Å². The standard InChI is InChI=1S/C17H16ClN3O3/c1-15(2)23-14-16(6-22)5-9-10(16)11(17(9,14)24-15)21-4-3-8-12(18)19-7-20-13(8)21/h3-4,6-7,9-11,14H,5H2,1-2H3/t9?,10-,11-,14-,16+,17-/m1/s1. The number of ether oxygens (including phenoxy) is 2. The Balaban J connectivity index is 1.56. The average Bonchev–Trinajstić information content (AvgIpc) is 3.19. The Hall–Kier alpha value is -1.50. The second-order valence-corrected chi connectivity index (χ2v) is 8.35. The molecule has 5 fully saturated rings. The van der Waals surface area contributed by atoms with Crippen LogP contribution in [0.3, 0.4) is 0 Å². The Morgan fingerprint density at radius 3 is 3.04 bits per heavy atom. The highest BCUT2D eigenvalue weighted by molar-refractivity contribution is 6.33. The number of aldehydes is 1. The summed E-state index contributed by atoms with van der Waals surface area (Å²) in [5.41, 5.74) is -0.0619. The number of halogens is 1. The average molecular weight is 346 g/mol. The third kappa shape index (κ3) is 1.15. The lowest BCUT2D eigenvalue weighted by Crippen LogP contribution is -2.65. The van der Waals surface area contributed by atoms with Gasteiger partial charge in [-0.05, 0) is 32.3 Å². The first-order chi connectivity index (χ1) is 11.4. The maximum atomic E-state index is 12.0. The van der Waals surface area contributed by atoms with E-state index in [0.717, 1.165) is 23.7 Å². The van der Waals surface area contributed by atoms with Crippen LogP contribution in [0.4, 0.5) is 0 Å². The lowest BCUT2D eigenvalue weighted by Gasteiger charge is -2.61. The molecule has 1 spiro atoms. The zero-order chi connectivity index (χ0) is 16.5. The zero-order valence-electron chi connectivity index (χ0n) is 13.3. The summed E-state index contributed by atoms with van der Waals surface area (Å²) in [6, 6.07) is 1.98. The number of hydrogen-bond donors (Lipinski definition) is 0. The van der Waals surface area contributed by atoms with Gasteiger partial charge in [0.15, 0.2) is 5.79 Å². The van der Waals surface area contributed by atoms with E-state index < -0.39 is 16.8 Å². The maximum Gasteiger partial charge on any atom is 0.164 e. The van der Waals surface area contributed by atoms with Gasteiger partial charge in [-0.25, -0.2) is 9.97 Å². The minimum atomic E-state index is -0.670. The van der Waals surface area contributed by atoms with Gasteiger partial charge in [-0.2, -0.15) is 0 Å². The third-order valence-corrected chi connectivity index (χ3v) is 7.01. The van der Waals surface area contributed by atoms with Gasteiger partial charge in [0.25, 0.3) is 0 Å². The Kier molecular flexibility index (Phi) is 2.11. The van der Waals surface area contributed by atoms with Crippen molar-refractivity contribution in [2.24, 2.45) is 17.3 Å². The third-order valence-electron chi connectivity index (χ3n) is 6.71. The summed E-state index contributed by atoms with van der Waals surface area (Å²) in [5, 5.41) is 1.27. The monoisotopic (exact) mass is 345 g/mol. The number of nitrogens with zero attached hydrogens (tertiary/aromatic N) is 3. The highest BCUT2D eigenvalue weighted by Crippen LogP contribution is 2.85. The topological polar surface area (TPSA) is 66.2 Å². The van der Waals surface area contributed by atoms with Gasteiger partial charge in [0, 0.05) is 12.1 Å². The molecule has 24 heavy (non-hydrogen) atoms. The van der Waals surface area contributed by atoms with E-state index in [-0.39, 0.29) is 18.1 Å². The summed E-state index contributed by atoms with van der Waals surface area (Å²) in [7, 11) is 0. The predicted octanol–water partition coefficient (Wildman–Crippen LogP) is 2.36. The highest BCUT2D eigenvalue weighted by Gasteiger charge is 2.93. The molecule has 1 unspecified atom stereocenters. The van der Waals surface area contributed by atoms with Crippen molar-refractivity contribution in [3.05, 3.63) is 23.7 Å². The molecule has 2 aromatic rings. The molecule has 0 radical (unpaired) electrons. The first kappa shape index (κ1) is 13.8. The van der Waals surface area contributed by atoms with Crippen LogP contribution in [0.2, 0.25) is 5.15 Å². The van der Waals surface area contributed by atoms with E-state index in [2.05, 4.69) is 14.5 Å². The molecule has 5 aliphatic rings. The molecule has 6 nitrogen and oxygen atoms in total. The molecule has 0 N–H and O–H groups in total. The lowest BCUT2D eigenvalue weighted by molar-refractivity contribution is -0.275. The fourth-order valence-corrected chi connectivity index (χ4v) is 6.30. The van der Waals surface area contributed by atoms with Crippen LogP contribution in [0.1, 0.15) is 26.3 Å². The normalized spacial score (nSPS) is 46.5. The molecule has 0 aromatic carbocycles. The Morgan fingerprint density at radius 2 is 2.25 bits per heavy atom. The summed E-state index contributed by atoms with van der Waals surface area (Å²) in [4.78, 5) is 20.5. The van der Waals surface area contributed by atoms with E-state index in [1.54, 1.807) is 0 Å². The fraction of sp³-hybridized carbons (Fsp3) is 0.588. The van der Waals surface area contributed by atoms with Gasteiger partial charge in [-0.15, -0.1) is 0 Å². The summed E-state index contributed by atoms with van der Waals surface area (Å²) < 4.78 is 14.8. The van der Waals surface area contributed by atoms with Gasteiger partial charge < -0.3 is 18.8 Å². The van der Waals surface area contributed by atoms with Gasteiger partial charge in [0.1, 0.15) is 35.1 Å². The van der Waals surface area contributed by atoms with Crippen LogP contribution in [-0.4, -0.2) is 38.3 Å². The number of carbonyl (C=O) groups excluding carboxylic acids is 1. The molecule has 3 heterocycles. The predicted molar refractivity (Wildman–Crippen MR) is 84.4 cm³/mol. The van der Waals surface area contributed by atoms with Crippen LogP contribution in [-0.2, 0) is 14.3 Å². The molecular weight excluding hydrogens is 330 g/mol. The number of carbonyl (C=O) groups is 1. The number of hydrogen-bond acceptors (Lipinski definition) is 5. The Morgan fingerprint density at radius 1 is 1.42 bits per heavy atom. The molecule has 7 rings (SSSR count). The minimum Gasteiger partial charge on any atom is -0.343 e. The van der Waals surface area contributed by atoms with Crippen LogP contribution in [0.25, 0.3) is 11.0 Å². The molecule has 4 saturated carbocycles. The van der Waals surface area contributed by atoms with E-state index in [1.165, 1.54) is 6.33 Å². The summed E-state index contributed by atoms with van der Waals surface area (Å²) in [6.45, 7) is 3.85. The van der Waals surface area contributed by atoms with Crippen LogP contribution < -0.4 is 0 Å². The van der Waals surface area contributed by atoms with Crippen molar-refractivity contribution in [1.82, 2.24) is 14.5 Å². The largest absolute Gasteiger partial charge is 0.343 e. The van der Waals surface area contributed by atoms with Crippen molar-refractivity contribution in [3.8, 4) is 0 Å². The Bertz CT molecular complexity index is 927. The molecule has 1 aliphatic heterocycles. The van der Waals surface area contributed by atoms with Crippen molar-refractivity contribution in [3.63, 3.8) is 0 Å². The number of rotatable bonds is 2.